The van der Waals surface area contributed by atoms with Gasteiger partial charge < -0.3 is 14.2 Å². The molecule has 0 amide bonds. The minimum Gasteiger partial charge on any atom is -0.463 e. The van der Waals surface area contributed by atoms with Gasteiger partial charge in [0.05, 0.1) is 24.9 Å². The predicted octanol–water partition coefficient (Wildman–Crippen LogP) is 4.58. The lowest BCUT2D eigenvalue weighted by atomic mass is 10.2. The molecule has 0 radical (unpaired) electrons. The third-order valence-electron chi connectivity index (χ3n) is 4.86. The number of nitrogens with zero attached hydrogens (tertiary/aromatic N) is 3. The average Bonchev–Trinajstić information content (AvgIpc) is 3.41. The molecule has 1 aliphatic rings. The van der Waals surface area contributed by atoms with Crippen molar-refractivity contribution in [2.75, 3.05) is 13.2 Å². The van der Waals surface area contributed by atoms with E-state index in [1.165, 1.54) is 10.8 Å². The summed E-state index contributed by atoms with van der Waals surface area (Å²) in [5.74, 6) is -0.789. The molecule has 9 nitrogen and oxygen atoms in total. The van der Waals surface area contributed by atoms with Crippen LogP contribution in [-0.4, -0.2) is 51.4 Å². The molecule has 0 aromatic carbocycles. The number of hydrogen-bond acceptors (Lipinski definition) is 8. The van der Waals surface area contributed by atoms with Gasteiger partial charge in [-0.2, -0.15) is 0 Å². The van der Waals surface area contributed by atoms with Gasteiger partial charge in [-0.1, -0.05) is 0 Å². The first kappa shape index (κ1) is 25.6. The van der Waals surface area contributed by atoms with Crippen LogP contribution in [0.1, 0.15) is 56.2 Å². The Balaban J connectivity index is 0.000000211. The zero-order chi connectivity index (χ0) is 25.6. The molecule has 3 heterocycles. The fraction of sp³-hybridized carbons (Fsp3) is 0.346. The van der Waals surface area contributed by atoms with Gasteiger partial charge in [0.25, 0.3) is 0 Å². The predicted molar refractivity (Wildman–Crippen MR) is 130 cm³/mol. The Bertz CT molecular complexity index is 1270. The molecule has 3 aromatic heterocycles. The van der Waals surface area contributed by atoms with Crippen molar-refractivity contribution in [2.24, 2.45) is 0 Å². The Morgan fingerprint density at radius 2 is 1.63 bits per heavy atom. The average molecular weight is 480 g/mol. The maximum absolute atomic E-state index is 12.4. The number of hydrogen-bond donors (Lipinski definition) is 0. The van der Waals surface area contributed by atoms with Gasteiger partial charge in [-0.15, -0.1) is 0 Å². The first-order valence-corrected chi connectivity index (χ1v) is 11.3. The van der Waals surface area contributed by atoms with Gasteiger partial charge in [-0.25, -0.2) is 19.0 Å². The lowest BCUT2D eigenvalue weighted by molar-refractivity contribution is -0.138. The van der Waals surface area contributed by atoms with E-state index in [-0.39, 0.29) is 18.3 Å². The van der Waals surface area contributed by atoms with Crippen molar-refractivity contribution in [2.45, 2.75) is 46.6 Å². The maximum Gasteiger partial charge on any atom is 0.419 e. The molecular formula is C26H29N3O6. The van der Waals surface area contributed by atoms with Gasteiger partial charge in [0.1, 0.15) is 11.3 Å². The fourth-order valence-electron chi connectivity index (χ4n) is 3.43. The summed E-state index contributed by atoms with van der Waals surface area (Å²) in [5, 5.41) is 0.721. The van der Waals surface area contributed by atoms with Gasteiger partial charge >= 0.3 is 18.0 Å². The van der Waals surface area contributed by atoms with E-state index >= 15 is 0 Å². The van der Waals surface area contributed by atoms with Gasteiger partial charge in [0.15, 0.2) is 0 Å². The Hall–Kier alpha value is -4.01. The number of fused-ring (bicyclic) bond motifs is 2. The van der Waals surface area contributed by atoms with E-state index in [9.17, 15) is 14.4 Å². The molecule has 0 unspecified atom stereocenters. The number of carbonyl (C=O) groups excluding carboxylic acids is 3. The van der Waals surface area contributed by atoms with Crippen LogP contribution in [0.2, 0.25) is 0 Å². The zero-order valence-corrected chi connectivity index (χ0v) is 20.5. The molecule has 0 N–H and O–H groups in total. The summed E-state index contributed by atoms with van der Waals surface area (Å²) in [6, 6.07) is 5.22. The van der Waals surface area contributed by atoms with E-state index in [0.29, 0.717) is 18.5 Å². The summed E-state index contributed by atoms with van der Waals surface area (Å²) >= 11 is 0. The van der Waals surface area contributed by atoms with Crippen LogP contribution in [-0.2, 0) is 25.4 Å². The normalized spacial score (nSPS) is 12.2. The van der Waals surface area contributed by atoms with Crippen molar-refractivity contribution in [1.82, 2.24) is 14.5 Å². The molecule has 0 fully saturated rings. The third-order valence-corrected chi connectivity index (χ3v) is 4.86. The quantitative estimate of drug-likeness (QED) is 0.395. The maximum atomic E-state index is 12.4. The van der Waals surface area contributed by atoms with Crippen LogP contribution in [0.3, 0.4) is 0 Å². The number of aromatic nitrogens is 3. The van der Waals surface area contributed by atoms with Crippen LogP contribution in [0, 0.1) is 0 Å². The van der Waals surface area contributed by atoms with Crippen LogP contribution in [0.15, 0.2) is 48.6 Å². The Kier molecular flexibility index (Phi) is 8.01. The molecule has 1 aliphatic carbocycles. The molecule has 9 heteroatoms. The molecule has 184 valence electrons. The topological polar surface area (TPSA) is 110 Å². The van der Waals surface area contributed by atoms with Crippen molar-refractivity contribution < 1.29 is 28.6 Å². The largest absolute Gasteiger partial charge is 0.463 e. The molecule has 0 saturated carbocycles. The van der Waals surface area contributed by atoms with E-state index in [0.717, 1.165) is 22.1 Å². The van der Waals surface area contributed by atoms with Gasteiger partial charge in [-0.3, -0.25) is 9.97 Å². The molecule has 4 rings (SSSR count). The molecule has 35 heavy (non-hydrogen) atoms. The summed E-state index contributed by atoms with van der Waals surface area (Å²) in [5.41, 5.74) is 2.86. The standard InChI is InChI=1S/C15H18N2O4.C11H11NO2/c1-5-20-13(18)11-8-10-6-7-16-9-12(10)17(11)14(19)21-15(2,3)4;1-2-14-11(13)9-5-8-3-4-12-7-10(8)6-9/h6-9H,5H2,1-4H3;3-5,7H,2,6H2,1H3. The van der Waals surface area contributed by atoms with E-state index in [1.54, 1.807) is 58.4 Å². The van der Waals surface area contributed by atoms with E-state index < -0.39 is 17.7 Å². The zero-order valence-electron chi connectivity index (χ0n) is 20.5. The number of esters is 2. The fourth-order valence-corrected chi connectivity index (χ4v) is 3.43. The summed E-state index contributed by atoms with van der Waals surface area (Å²) in [7, 11) is 0. The lowest BCUT2D eigenvalue weighted by Gasteiger charge is -2.20. The molecule has 0 aliphatic heterocycles. The minimum absolute atomic E-state index is 0.133. The third kappa shape index (κ3) is 6.32. The summed E-state index contributed by atoms with van der Waals surface area (Å²) in [6.07, 6.45) is 8.51. The van der Waals surface area contributed by atoms with Crippen LogP contribution in [0.5, 0.6) is 0 Å². The molecule has 0 spiro atoms. The summed E-state index contributed by atoms with van der Waals surface area (Å²) in [6.45, 7) is 9.45. The van der Waals surface area contributed by atoms with Crippen LogP contribution in [0.4, 0.5) is 4.79 Å². The first-order valence-electron chi connectivity index (χ1n) is 11.3. The van der Waals surface area contributed by atoms with Crippen molar-refractivity contribution in [3.8, 4) is 0 Å². The first-order chi connectivity index (χ1) is 16.6. The molecular weight excluding hydrogens is 450 g/mol. The highest BCUT2D eigenvalue weighted by Gasteiger charge is 2.25. The second kappa shape index (κ2) is 10.9. The van der Waals surface area contributed by atoms with Crippen molar-refractivity contribution in [3.63, 3.8) is 0 Å². The summed E-state index contributed by atoms with van der Waals surface area (Å²) in [4.78, 5) is 43.8. The van der Waals surface area contributed by atoms with Gasteiger partial charge in [0.2, 0.25) is 0 Å². The van der Waals surface area contributed by atoms with Gasteiger partial charge in [-0.05, 0) is 70.0 Å². The Morgan fingerprint density at radius 1 is 0.971 bits per heavy atom. The Labute approximate surface area is 203 Å². The van der Waals surface area contributed by atoms with E-state index in [4.69, 9.17) is 14.2 Å². The van der Waals surface area contributed by atoms with Gasteiger partial charge in [0, 0.05) is 36.0 Å². The number of rotatable bonds is 4. The molecule has 0 bridgehead atoms. The molecule has 0 atom stereocenters. The van der Waals surface area contributed by atoms with Crippen molar-refractivity contribution in [3.05, 3.63) is 65.4 Å². The van der Waals surface area contributed by atoms with E-state index in [1.807, 2.05) is 19.1 Å². The second-order valence-corrected chi connectivity index (χ2v) is 8.64. The van der Waals surface area contributed by atoms with E-state index in [2.05, 4.69) is 9.97 Å². The number of pyridine rings is 2. The highest BCUT2D eigenvalue weighted by molar-refractivity contribution is 6.01. The lowest BCUT2D eigenvalue weighted by Crippen LogP contribution is -2.29. The Morgan fingerprint density at radius 3 is 2.29 bits per heavy atom. The van der Waals surface area contributed by atoms with Crippen molar-refractivity contribution in [1.29, 1.82) is 0 Å². The summed E-state index contributed by atoms with van der Waals surface area (Å²) < 4.78 is 16.5. The monoisotopic (exact) mass is 479 g/mol. The minimum atomic E-state index is -0.665. The van der Waals surface area contributed by atoms with Crippen LogP contribution >= 0.6 is 0 Å². The SMILES string of the molecule is CCOC(=O)C1=Cc2ccncc2C1.CCOC(=O)c1cc2ccncc2n1C(=O)OC(C)(C)C. The van der Waals surface area contributed by atoms with Crippen LogP contribution < -0.4 is 0 Å². The van der Waals surface area contributed by atoms with Crippen LogP contribution in [0.25, 0.3) is 17.0 Å². The highest BCUT2D eigenvalue weighted by Crippen LogP contribution is 2.24. The molecule has 0 saturated heterocycles. The molecule has 3 aromatic rings. The van der Waals surface area contributed by atoms with Crippen molar-refractivity contribution >= 4 is 35.0 Å². The highest BCUT2D eigenvalue weighted by atomic mass is 16.6. The second-order valence-electron chi connectivity index (χ2n) is 8.64. The smallest absolute Gasteiger partial charge is 0.419 e. The number of carbonyl (C=O) groups is 3. The number of ether oxygens (including phenoxy) is 3.